The molecule has 1 saturated carbocycles. The monoisotopic (exact) mass is 332 g/mol. The molecule has 4 rings (SSSR count). The second-order valence-corrected chi connectivity index (χ2v) is 6.55. The SMILES string of the molecule is O=C(C1=CCCC1)N1CCO[C@H]2[C@H](Oc3ncccc3F)CC[C@@H]21. The van der Waals surface area contributed by atoms with Crippen molar-refractivity contribution in [2.45, 2.75) is 50.4 Å². The molecule has 0 unspecified atom stereocenters. The highest BCUT2D eigenvalue weighted by atomic mass is 19.1. The van der Waals surface area contributed by atoms with E-state index in [-0.39, 0.29) is 30.0 Å². The lowest BCUT2D eigenvalue weighted by Crippen LogP contribution is -2.54. The van der Waals surface area contributed by atoms with Gasteiger partial charge in [-0.1, -0.05) is 6.08 Å². The highest BCUT2D eigenvalue weighted by Gasteiger charge is 2.46. The van der Waals surface area contributed by atoms with Gasteiger partial charge in [0.15, 0.2) is 5.82 Å². The van der Waals surface area contributed by atoms with Gasteiger partial charge in [-0.25, -0.2) is 9.37 Å². The van der Waals surface area contributed by atoms with Gasteiger partial charge in [0.1, 0.15) is 12.2 Å². The minimum atomic E-state index is -0.471. The van der Waals surface area contributed by atoms with E-state index in [0.29, 0.717) is 13.2 Å². The number of rotatable bonds is 3. The molecule has 0 N–H and O–H groups in total. The highest BCUT2D eigenvalue weighted by Crippen LogP contribution is 2.34. The van der Waals surface area contributed by atoms with Crippen LogP contribution in [0.5, 0.6) is 5.88 Å². The number of fused-ring (bicyclic) bond motifs is 1. The Morgan fingerprint density at radius 1 is 1.42 bits per heavy atom. The number of pyridine rings is 1. The van der Waals surface area contributed by atoms with Crippen LogP contribution < -0.4 is 4.74 Å². The third kappa shape index (κ3) is 2.79. The third-order valence-electron chi connectivity index (χ3n) is 5.10. The standard InChI is InChI=1S/C18H21FN2O3/c19-13-6-3-9-20-17(13)24-15-8-7-14-16(15)23-11-10-21(14)18(22)12-4-1-2-5-12/h3-4,6,9,14-16H,1-2,5,7-8,10-11H2/t14-,15+,16+/m0/s1. The smallest absolute Gasteiger partial charge is 0.250 e. The number of aromatic nitrogens is 1. The molecular formula is C18H21FN2O3. The first kappa shape index (κ1) is 15.6. The first-order valence-corrected chi connectivity index (χ1v) is 8.63. The van der Waals surface area contributed by atoms with Crippen LogP contribution in [0.25, 0.3) is 0 Å². The maximum Gasteiger partial charge on any atom is 0.250 e. The zero-order valence-electron chi connectivity index (χ0n) is 13.5. The summed E-state index contributed by atoms with van der Waals surface area (Å²) in [4.78, 5) is 18.6. The quantitative estimate of drug-likeness (QED) is 0.853. The fourth-order valence-electron chi connectivity index (χ4n) is 3.94. The van der Waals surface area contributed by atoms with Gasteiger partial charge < -0.3 is 14.4 Å². The van der Waals surface area contributed by atoms with Crippen LogP contribution in [0.1, 0.15) is 32.1 Å². The van der Waals surface area contributed by atoms with Gasteiger partial charge in [0.05, 0.1) is 12.6 Å². The van der Waals surface area contributed by atoms with Crippen molar-refractivity contribution in [1.29, 1.82) is 0 Å². The number of halogens is 1. The average molecular weight is 332 g/mol. The van der Waals surface area contributed by atoms with Crippen LogP contribution in [0.3, 0.4) is 0 Å². The van der Waals surface area contributed by atoms with Crippen molar-refractivity contribution in [3.63, 3.8) is 0 Å². The molecule has 1 saturated heterocycles. The van der Waals surface area contributed by atoms with Gasteiger partial charge in [-0.05, 0) is 44.2 Å². The molecule has 0 radical (unpaired) electrons. The Morgan fingerprint density at radius 2 is 2.33 bits per heavy atom. The van der Waals surface area contributed by atoms with E-state index in [2.05, 4.69) is 11.1 Å². The zero-order chi connectivity index (χ0) is 16.5. The molecule has 2 fully saturated rings. The second kappa shape index (κ2) is 6.51. The minimum Gasteiger partial charge on any atom is -0.469 e. The van der Waals surface area contributed by atoms with E-state index in [1.165, 1.54) is 18.3 Å². The van der Waals surface area contributed by atoms with Crippen molar-refractivity contribution in [3.05, 3.63) is 35.8 Å². The molecule has 1 aromatic rings. The van der Waals surface area contributed by atoms with Crippen LogP contribution in [0, 0.1) is 5.82 Å². The van der Waals surface area contributed by atoms with Gasteiger partial charge in [0.25, 0.3) is 5.88 Å². The van der Waals surface area contributed by atoms with Crippen LogP contribution >= 0.6 is 0 Å². The number of ether oxygens (including phenoxy) is 2. The predicted molar refractivity (Wildman–Crippen MR) is 85.0 cm³/mol. The van der Waals surface area contributed by atoms with E-state index in [0.717, 1.165) is 37.7 Å². The lowest BCUT2D eigenvalue weighted by atomic mass is 10.1. The van der Waals surface area contributed by atoms with Crippen molar-refractivity contribution in [2.24, 2.45) is 0 Å². The van der Waals surface area contributed by atoms with Crippen LogP contribution in [0.2, 0.25) is 0 Å². The number of hydrogen-bond donors (Lipinski definition) is 0. The van der Waals surface area contributed by atoms with Crippen LogP contribution in [0.15, 0.2) is 30.0 Å². The molecule has 0 spiro atoms. The number of nitrogens with zero attached hydrogens (tertiary/aromatic N) is 2. The molecule has 1 amide bonds. The minimum absolute atomic E-state index is 0.00419. The molecule has 3 atom stereocenters. The molecule has 5 nitrogen and oxygen atoms in total. The molecule has 6 heteroatoms. The van der Waals surface area contributed by atoms with Crippen LogP contribution in [0.4, 0.5) is 4.39 Å². The maximum absolute atomic E-state index is 13.8. The normalized spacial score (nSPS) is 29.3. The summed E-state index contributed by atoms with van der Waals surface area (Å²) >= 11 is 0. The zero-order valence-corrected chi connectivity index (χ0v) is 13.5. The van der Waals surface area contributed by atoms with Gasteiger partial charge in [-0.3, -0.25) is 4.79 Å². The number of carbonyl (C=O) groups is 1. The molecule has 2 heterocycles. The molecule has 0 aromatic carbocycles. The summed E-state index contributed by atoms with van der Waals surface area (Å²) in [6.45, 7) is 1.10. The largest absolute Gasteiger partial charge is 0.469 e. The molecular weight excluding hydrogens is 311 g/mol. The third-order valence-corrected chi connectivity index (χ3v) is 5.10. The van der Waals surface area contributed by atoms with Gasteiger partial charge in [-0.2, -0.15) is 0 Å². The summed E-state index contributed by atoms with van der Waals surface area (Å²) in [7, 11) is 0. The first-order chi connectivity index (χ1) is 11.7. The summed E-state index contributed by atoms with van der Waals surface area (Å²) in [5, 5.41) is 0. The van der Waals surface area contributed by atoms with Crippen molar-refractivity contribution in [1.82, 2.24) is 9.88 Å². The Balaban J connectivity index is 1.48. The lowest BCUT2D eigenvalue weighted by Gasteiger charge is -2.39. The first-order valence-electron chi connectivity index (χ1n) is 8.63. The van der Waals surface area contributed by atoms with E-state index < -0.39 is 5.82 Å². The fraction of sp³-hybridized carbons (Fsp3) is 0.556. The molecule has 1 aromatic heterocycles. The van der Waals surface area contributed by atoms with Gasteiger partial charge in [0.2, 0.25) is 5.91 Å². The summed E-state index contributed by atoms with van der Waals surface area (Å²) in [5.41, 5.74) is 0.927. The molecule has 2 aliphatic carbocycles. The second-order valence-electron chi connectivity index (χ2n) is 6.55. The predicted octanol–water partition coefficient (Wildman–Crippen LogP) is 2.47. The molecule has 24 heavy (non-hydrogen) atoms. The highest BCUT2D eigenvalue weighted by molar-refractivity contribution is 5.94. The Bertz CT molecular complexity index is 663. The van der Waals surface area contributed by atoms with E-state index in [1.807, 2.05) is 4.90 Å². The summed E-state index contributed by atoms with van der Waals surface area (Å²) in [5.74, 6) is -0.329. The molecule has 128 valence electrons. The topological polar surface area (TPSA) is 51.7 Å². The van der Waals surface area contributed by atoms with Crippen molar-refractivity contribution in [2.75, 3.05) is 13.2 Å². The number of hydrogen-bond acceptors (Lipinski definition) is 4. The summed E-state index contributed by atoms with van der Waals surface area (Å²) < 4.78 is 25.4. The van der Waals surface area contributed by atoms with Crippen molar-refractivity contribution in [3.8, 4) is 5.88 Å². The summed E-state index contributed by atoms with van der Waals surface area (Å²) in [6.07, 6.45) is 7.53. The Hall–Kier alpha value is -1.95. The Kier molecular flexibility index (Phi) is 4.22. The van der Waals surface area contributed by atoms with E-state index in [4.69, 9.17) is 9.47 Å². The van der Waals surface area contributed by atoms with Crippen molar-refractivity contribution >= 4 is 5.91 Å². The maximum atomic E-state index is 13.8. The van der Waals surface area contributed by atoms with Gasteiger partial charge in [0, 0.05) is 18.3 Å². The fourth-order valence-corrected chi connectivity index (χ4v) is 3.94. The van der Waals surface area contributed by atoms with Gasteiger partial charge in [-0.15, -0.1) is 0 Å². The Labute approximate surface area is 140 Å². The van der Waals surface area contributed by atoms with Crippen LogP contribution in [-0.2, 0) is 9.53 Å². The van der Waals surface area contributed by atoms with E-state index >= 15 is 0 Å². The number of morpholine rings is 1. The van der Waals surface area contributed by atoms with Crippen molar-refractivity contribution < 1.29 is 18.7 Å². The van der Waals surface area contributed by atoms with Gasteiger partial charge >= 0.3 is 0 Å². The van der Waals surface area contributed by atoms with Crippen LogP contribution in [-0.4, -0.2) is 47.2 Å². The molecule has 0 bridgehead atoms. The molecule has 3 aliphatic rings. The van der Waals surface area contributed by atoms with E-state index in [1.54, 1.807) is 0 Å². The number of carbonyl (C=O) groups excluding carboxylic acids is 1. The summed E-state index contributed by atoms with van der Waals surface area (Å²) in [6, 6.07) is 2.87. The van der Waals surface area contributed by atoms with E-state index in [9.17, 15) is 9.18 Å². The molecule has 1 aliphatic heterocycles. The lowest BCUT2D eigenvalue weighted by molar-refractivity contribution is -0.143. The Morgan fingerprint density at radius 3 is 3.12 bits per heavy atom. The number of allylic oxidation sites excluding steroid dienone is 1. The average Bonchev–Trinajstić information content (AvgIpc) is 3.26. The number of amides is 1.